The summed E-state index contributed by atoms with van der Waals surface area (Å²) >= 11 is 3.34. The monoisotopic (exact) mass is 309 g/mol. The van der Waals surface area contributed by atoms with Crippen LogP contribution < -0.4 is 10.1 Å². The lowest BCUT2D eigenvalue weighted by Gasteiger charge is -2.07. The molecule has 2 aromatic rings. The van der Waals surface area contributed by atoms with E-state index in [0.717, 1.165) is 10.0 Å². The molecule has 0 saturated carbocycles. The summed E-state index contributed by atoms with van der Waals surface area (Å²) in [6.45, 7) is 0. The van der Waals surface area contributed by atoms with Gasteiger partial charge in [-0.05, 0) is 34.1 Å². The van der Waals surface area contributed by atoms with Crippen LogP contribution in [0.15, 0.2) is 28.9 Å². The van der Waals surface area contributed by atoms with Crippen molar-refractivity contribution in [2.45, 2.75) is 0 Å². The number of benzene rings is 1. The maximum absolute atomic E-state index is 9.73. The Morgan fingerprint density at radius 3 is 2.78 bits per heavy atom. The van der Waals surface area contributed by atoms with Crippen molar-refractivity contribution in [2.24, 2.45) is 0 Å². The summed E-state index contributed by atoms with van der Waals surface area (Å²) < 4.78 is 5.77. The van der Waals surface area contributed by atoms with Crippen LogP contribution in [0.5, 0.6) is 11.5 Å². The summed E-state index contributed by atoms with van der Waals surface area (Å²) in [6.07, 6.45) is 1.66. The molecule has 1 heterocycles. The molecule has 5 nitrogen and oxygen atoms in total. The van der Waals surface area contributed by atoms with Gasteiger partial charge in [-0.2, -0.15) is 0 Å². The topological polar surface area (TPSA) is 67.3 Å². The summed E-state index contributed by atoms with van der Waals surface area (Å²) in [6, 6.07) is 5.04. The van der Waals surface area contributed by atoms with Crippen LogP contribution in [0.3, 0.4) is 0 Å². The number of nitrogens with zero attached hydrogens (tertiary/aromatic N) is 2. The molecule has 0 saturated heterocycles. The largest absolute Gasteiger partial charge is 0.504 e. The Balaban J connectivity index is 2.45. The minimum atomic E-state index is 0.0625. The molecule has 94 valence electrons. The molecule has 1 aromatic heterocycles. The fraction of sp³-hybridized carbons (Fsp3) is 0.167. The van der Waals surface area contributed by atoms with Gasteiger partial charge in [0, 0.05) is 18.8 Å². The quantitative estimate of drug-likeness (QED) is 0.912. The lowest BCUT2D eigenvalue weighted by atomic mass is 10.2. The Morgan fingerprint density at radius 1 is 1.39 bits per heavy atom. The smallest absolute Gasteiger partial charge is 0.161 e. The summed E-state index contributed by atoms with van der Waals surface area (Å²) in [5, 5.41) is 12.7. The number of phenolic OH excluding ortho intramolecular Hbond substituents is 1. The minimum absolute atomic E-state index is 0.0625. The average Bonchev–Trinajstić information content (AvgIpc) is 2.39. The third kappa shape index (κ3) is 2.38. The van der Waals surface area contributed by atoms with Gasteiger partial charge >= 0.3 is 0 Å². The number of ether oxygens (including phenoxy) is 1. The fourth-order valence-electron chi connectivity index (χ4n) is 1.51. The van der Waals surface area contributed by atoms with E-state index < -0.39 is 0 Å². The number of phenols is 1. The molecule has 2 N–H and O–H groups in total. The van der Waals surface area contributed by atoms with Crippen molar-refractivity contribution in [3.63, 3.8) is 0 Å². The minimum Gasteiger partial charge on any atom is -0.504 e. The van der Waals surface area contributed by atoms with Crippen LogP contribution in [0.1, 0.15) is 0 Å². The van der Waals surface area contributed by atoms with Gasteiger partial charge in [0.15, 0.2) is 17.3 Å². The zero-order valence-electron chi connectivity index (χ0n) is 9.94. The Labute approximate surface area is 113 Å². The first-order chi connectivity index (χ1) is 8.65. The van der Waals surface area contributed by atoms with Gasteiger partial charge in [-0.15, -0.1) is 0 Å². The van der Waals surface area contributed by atoms with E-state index >= 15 is 0 Å². The maximum atomic E-state index is 9.73. The molecule has 0 aliphatic carbocycles. The highest BCUT2D eigenvalue weighted by Crippen LogP contribution is 2.31. The zero-order chi connectivity index (χ0) is 13.1. The van der Waals surface area contributed by atoms with E-state index in [2.05, 4.69) is 31.2 Å². The molecule has 0 spiro atoms. The number of halogens is 1. The van der Waals surface area contributed by atoms with Crippen LogP contribution in [0.2, 0.25) is 0 Å². The van der Waals surface area contributed by atoms with E-state index in [0.29, 0.717) is 17.4 Å². The van der Waals surface area contributed by atoms with E-state index in [1.807, 2.05) is 0 Å². The molecule has 0 unspecified atom stereocenters. The zero-order valence-corrected chi connectivity index (χ0v) is 11.5. The van der Waals surface area contributed by atoms with Crippen LogP contribution in [0, 0.1) is 0 Å². The van der Waals surface area contributed by atoms with E-state index in [1.54, 1.807) is 31.4 Å². The van der Waals surface area contributed by atoms with Crippen molar-refractivity contribution >= 4 is 21.7 Å². The van der Waals surface area contributed by atoms with E-state index in [4.69, 9.17) is 4.74 Å². The second-order valence-electron chi connectivity index (χ2n) is 3.53. The highest BCUT2D eigenvalue weighted by Gasteiger charge is 2.08. The second-order valence-corrected chi connectivity index (χ2v) is 4.38. The van der Waals surface area contributed by atoms with Crippen molar-refractivity contribution < 1.29 is 9.84 Å². The van der Waals surface area contributed by atoms with Crippen molar-refractivity contribution in [1.82, 2.24) is 9.97 Å². The van der Waals surface area contributed by atoms with Crippen LogP contribution in [-0.2, 0) is 0 Å². The molecule has 0 aliphatic heterocycles. The van der Waals surface area contributed by atoms with Gasteiger partial charge in [-0.3, -0.25) is 0 Å². The SMILES string of the molecule is CNc1nc(-c2ccc(OC)c(O)c2)ncc1Br. The van der Waals surface area contributed by atoms with Gasteiger partial charge in [-0.1, -0.05) is 0 Å². The molecule has 0 fully saturated rings. The lowest BCUT2D eigenvalue weighted by Crippen LogP contribution is -1.97. The number of anilines is 1. The lowest BCUT2D eigenvalue weighted by molar-refractivity contribution is 0.373. The van der Waals surface area contributed by atoms with E-state index in [-0.39, 0.29) is 5.75 Å². The molecule has 1 aromatic carbocycles. The van der Waals surface area contributed by atoms with Crippen LogP contribution >= 0.6 is 15.9 Å². The van der Waals surface area contributed by atoms with Gasteiger partial charge in [0.05, 0.1) is 11.6 Å². The molecule has 0 atom stereocenters. The highest BCUT2D eigenvalue weighted by atomic mass is 79.9. The molecule has 6 heteroatoms. The van der Waals surface area contributed by atoms with Gasteiger partial charge in [0.2, 0.25) is 0 Å². The summed E-state index contributed by atoms with van der Waals surface area (Å²) in [4.78, 5) is 8.54. The van der Waals surface area contributed by atoms with Crippen molar-refractivity contribution in [2.75, 3.05) is 19.5 Å². The van der Waals surface area contributed by atoms with Gasteiger partial charge < -0.3 is 15.2 Å². The normalized spacial score (nSPS) is 10.2. The number of hydrogen-bond acceptors (Lipinski definition) is 5. The number of aromatic nitrogens is 2. The van der Waals surface area contributed by atoms with Crippen LogP contribution in [0.25, 0.3) is 11.4 Å². The second kappa shape index (κ2) is 5.22. The molecule has 0 aliphatic rings. The molecular formula is C12H12BrN3O2. The Bertz CT molecular complexity index is 575. The maximum Gasteiger partial charge on any atom is 0.161 e. The van der Waals surface area contributed by atoms with E-state index in [9.17, 15) is 5.11 Å². The third-order valence-electron chi connectivity index (χ3n) is 2.42. The molecular weight excluding hydrogens is 298 g/mol. The molecule has 0 bridgehead atoms. The van der Waals surface area contributed by atoms with Gasteiger partial charge in [0.25, 0.3) is 0 Å². The van der Waals surface area contributed by atoms with Crippen molar-refractivity contribution in [3.05, 3.63) is 28.9 Å². The third-order valence-corrected chi connectivity index (χ3v) is 3.00. The Morgan fingerprint density at radius 2 is 2.17 bits per heavy atom. The Hall–Kier alpha value is -1.82. The standard InChI is InChI=1S/C12H12BrN3O2/c1-14-12-8(13)6-15-11(16-12)7-3-4-10(18-2)9(17)5-7/h3-6,17H,1-2H3,(H,14,15,16). The van der Waals surface area contributed by atoms with Gasteiger partial charge in [0.1, 0.15) is 5.82 Å². The number of rotatable bonds is 3. The number of aromatic hydroxyl groups is 1. The average molecular weight is 310 g/mol. The Kier molecular flexibility index (Phi) is 3.66. The summed E-state index contributed by atoms with van der Waals surface area (Å²) in [5.74, 6) is 1.70. The molecule has 0 amide bonds. The van der Waals surface area contributed by atoms with Crippen LogP contribution in [-0.4, -0.2) is 29.2 Å². The molecule has 0 radical (unpaired) electrons. The van der Waals surface area contributed by atoms with E-state index in [1.165, 1.54) is 7.11 Å². The van der Waals surface area contributed by atoms with Crippen LogP contribution in [0.4, 0.5) is 5.82 Å². The fourth-order valence-corrected chi connectivity index (χ4v) is 1.90. The van der Waals surface area contributed by atoms with Gasteiger partial charge in [-0.25, -0.2) is 9.97 Å². The van der Waals surface area contributed by atoms with Crippen molar-refractivity contribution in [3.8, 4) is 22.9 Å². The molecule has 2 rings (SSSR count). The van der Waals surface area contributed by atoms with Crippen molar-refractivity contribution in [1.29, 1.82) is 0 Å². The number of nitrogens with one attached hydrogen (secondary N) is 1. The summed E-state index contributed by atoms with van der Waals surface area (Å²) in [7, 11) is 3.28. The first kappa shape index (κ1) is 12.6. The number of hydrogen-bond donors (Lipinski definition) is 2. The first-order valence-electron chi connectivity index (χ1n) is 5.23. The highest BCUT2D eigenvalue weighted by molar-refractivity contribution is 9.10. The first-order valence-corrected chi connectivity index (χ1v) is 6.02. The predicted molar refractivity (Wildman–Crippen MR) is 72.9 cm³/mol. The predicted octanol–water partition coefficient (Wildman–Crippen LogP) is 2.66. The number of methoxy groups -OCH3 is 1. The summed E-state index contributed by atoms with van der Waals surface area (Å²) in [5.41, 5.74) is 0.720. The molecule has 18 heavy (non-hydrogen) atoms.